The number of hydrogen-bond acceptors (Lipinski definition) is 2. The van der Waals surface area contributed by atoms with Gasteiger partial charge in [-0.25, -0.2) is 0 Å². The molecule has 0 aliphatic heterocycles. The first-order valence-corrected chi connectivity index (χ1v) is 7.04. The third kappa shape index (κ3) is 4.13. The van der Waals surface area contributed by atoms with Crippen LogP contribution in [0.25, 0.3) is 0 Å². The fourth-order valence-electron chi connectivity index (χ4n) is 2.11. The summed E-state index contributed by atoms with van der Waals surface area (Å²) in [6.45, 7) is 3.58. The molecule has 2 amide bonds. The smallest absolute Gasteiger partial charge is 0.318 e. The minimum atomic E-state index is -4.46. The lowest BCUT2D eigenvalue weighted by atomic mass is 10.1. The van der Waals surface area contributed by atoms with Gasteiger partial charge in [-0.15, -0.1) is 0 Å². The number of rotatable bonds is 2. The highest BCUT2D eigenvalue weighted by atomic mass is 19.4. The molecule has 0 atom stereocenters. The first kappa shape index (κ1) is 17.5. The molecule has 126 valence electrons. The highest BCUT2D eigenvalue weighted by Crippen LogP contribution is 2.29. The van der Waals surface area contributed by atoms with Crippen LogP contribution in [-0.4, -0.2) is 11.8 Å². The number of hydrogen-bond donors (Lipinski definition) is 2. The minimum Gasteiger partial charge on any atom is -0.318 e. The monoisotopic (exact) mass is 336 g/mol. The maximum Gasteiger partial charge on any atom is 0.416 e. The summed E-state index contributed by atoms with van der Waals surface area (Å²) in [6, 6.07) is 9.24. The highest BCUT2D eigenvalue weighted by Gasteiger charge is 2.30. The van der Waals surface area contributed by atoms with Gasteiger partial charge in [0.25, 0.3) is 0 Å². The van der Waals surface area contributed by atoms with Crippen LogP contribution in [0.2, 0.25) is 0 Å². The standard InChI is InChI=1S/C17H15F3N2O2/c1-10-4-3-5-11(2)14(10)22-16(24)15(23)21-13-8-6-12(7-9-13)17(18,19)20/h3-9H,1-2H3,(H,21,23)(H,22,24). The maximum absolute atomic E-state index is 12.5. The topological polar surface area (TPSA) is 58.2 Å². The molecule has 7 heteroatoms. The van der Waals surface area contributed by atoms with Crippen molar-refractivity contribution in [3.63, 3.8) is 0 Å². The summed E-state index contributed by atoms with van der Waals surface area (Å²) in [5.74, 6) is -1.86. The normalized spacial score (nSPS) is 11.0. The second kappa shape index (κ2) is 6.74. The van der Waals surface area contributed by atoms with Crippen LogP contribution in [0, 0.1) is 13.8 Å². The lowest BCUT2D eigenvalue weighted by Gasteiger charge is -2.12. The van der Waals surface area contributed by atoms with Crippen LogP contribution in [0.3, 0.4) is 0 Å². The Balaban J connectivity index is 2.05. The minimum absolute atomic E-state index is 0.102. The molecule has 0 unspecified atom stereocenters. The Labute approximate surface area is 136 Å². The summed E-state index contributed by atoms with van der Waals surface area (Å²) < 4.78 is 37.4. The Hall–Kier alpha value is -2.83. The molecular weight excluding hydrogens is 321 g/mol. The van der Waals surface area contributed by atoms with E-state index in [2.05, 4.69) is 10.6 Å². The summed E-state index contributed by atoms with van der Waals surface area (Å²) in [4.78, 5) is 23.8. The van der Waals surface area contributed by atoms with Crippen molar-refractivity contribution in [3.05, 3.63) is 59.2 Å². The van der Waals surface area contributed by atoms with Crippen LogP contribution >= 0.6 is 0 Å². The summed E-state index contributed by atoms with van der Waals surface area (Å²) >= 11 is 0. The number of halogens is 3. The molecule has 0 spiro atoms. The maximum atomic E-state index is 12.5. The predicted molar refractivity (Wildman–Crippen MR) is 84.6 cm³/mol. The van der Waals surface area contributed by atoms with Gasteiger partial charge >= 0.3 is 18.0 Å². The van der Waals surface area contributed by atoms with Crippen molar-refractivity contribution in [2.45, 2.75) is 20.0 Å². The molecule has 0 radical (unpaired) electrons. The number of para-hydroxylation sites is 1. The zero-order valence-electron chi connectivity index (χ0n) is 13.0. The second-order valence-electron chi connectivity index (χ2n) is 5.25. The summed E-state index contributed by atoms with van der Waals surface area (Å²) in [7, 11) is 0. The van der Waals surface area contributed by atoms with Gasteiger partial charge in [0.05, 0.1) is 5.56 Å². The third-order valence-electron chi connectivity index (χ3n) is 3.40. The summed E-state index contributed by atoms with van der Waals surface area (Å²) in [5.41, 5.74) is 1.39. The molecule has 0 heterocycles. The van der Waals surface area contributed by atoms with Gasteiger partial charge in [-0.05, 0) is 49.2 Å². The zero-order chi connectivity index (χ0) is 17.9. The van der Waals surface area contributed by atoms with E-state index in [0.29, 0.717) is 5.69 Å². The first-order valence-electron chi connectivity index (χ1n) is 7.04. The van der Waals surface area contributed by atoms with E-state index < -0.39 is 23.6 Å². The second-order valence-corrected chi connectivity index (χ2v) is 5.25. The zero-order valence-corrected chi connectivity index (χ0v) is 13.0. The van der Waals surface area contributed by atoms with Crippen molar-refractivity contribution in [3.8, 4) is 0 Å². The van der Waals surface area contributed by atoms with Crippen molar-refractivity contribution in [2.24, 2.45) is 0 Å². The molecule has 2 aromatic carbocycles. The van der Waals surface area contributed by atoms with Crippen LogP contribution in [0.1, 0.15) is 16.7 Å². The average molecular weight is 336 g/mol. The number of benzene rings is 2. The molecular formula is C17H15F3N2O2. The van der Waals surface area contributed by atoms with E-state index in [1.54, 1.807) is 26.0 Å². The lowest BCUT2D eigenvalue weighted by Crippen LogP contribution is -2.29. The molecule has 2 rings (SSSR count). The fraction of sp³-hybridized carbons (Fsp3) is 0.176. The lowest BCUT2D eigenvalue weighted by molar-refractivity contribution is -0.137. The number of carbonyl (C=O) groups excluding carboxylic acids is 2. The van der Waals surface area contributed by atoms with Gasteiger partial charge in [0.15, 0.2) is 0 Å². The van der Waals surface area contributed by atoms with Gasteiger partial charge in [0.2, 0.25) is 0 Å². The number of nitrogens with one attached hydrogen (secondary N) is 2. The molecule has 0 bridgehead atoms. The highest BCUT2D eigenvalue weighted by molar-refractivity contribution is 6.43. The number of amides is 2. The largest absolute Gasteiger partial charge is 0.416 e. The fourth-order valence-corrected chi connectivity index (χ4v) is 2.11. The van der Waals surface area contributed by atoms with E-state index in [9.17, 15) is 22.8 Å². The van der Waals surface area contributed by atoms with Crippen LogP contribution in [0.15, 0.2) is 42.5 Å². The van der Waals surface area contributed by atoms with Crippen molar-refractivity contribution in [2.75, 3.05) is 10.6 Å². The first-order chi connectivity index (χ1) is 11.2. The van der Waals surface area contributed by atoms with Gasteiger partial charge in [0.1, 0.15) is 0 Å². The van der Waals surface area contributed by atoms with Gasteiger partial charge in [-0.3, -0.25) is 9.59 Å². The molecule has 0 aliphatic carbocycles. The van der Waals surface area contributed by atoms with Crippen molar-refractivity contribution >= 4 is 23.2 Å². The van der Waals surface area contributed by atoms with E-state index in [1.165, 1.54) is 0 Å². The van der Waals surface area contributed by atoms with Gasteiger partial charge in [-0.2, -0.15) is 13.2 Å². The van der Waals surface area contributed by atoms with Gasteiger partial charge in [-0.1, -0.05) is 18.2 Å². The Morgan fingerprint density at radius 3 is 1.83 bits per heavy atom. The molecule has 0 aromatic heterocycles. The molecule has 0 saturated carbocycles. The molecule has 2 N–H and O–H groups in total. The number of alkyl halides is 3. The van der Waals surface area contributed by atoms with Crippen LogP contribution in [0.4, 0.5) is 24.5 Å². The van der Waals surface area contributed by atoms with E-state index in [1.807, 2.05) is 6.07 Å². The van der Waals surface area contributed by atoms with Crippen molar-refractivity contribution in [1.82, 2.24) is 0 Å². The number of carbonyl (C=O) groups is 2. The van der Waals surface area contributed by atoms with E-state index in [-0.39, 0.29) is 5.69 Å². The predicted octanol–water partition coefficient (Wildman–Crippen LogP) is 3.90. The molecule has 0 fully saturated rings. The Kier molecular flexibility index (Phi) is 4.92. The third-order valence-corrected chi connectivity index (χ3v) is 3.40. The number of anilines is 2. The number of aryl methyl sites for hydroxylation is 2. The molecule has 4 nitrogen and oxygen atoms in total. The average Bonchev–Trinajstić information content (AvgIpc) is 2.50. The molecule has 24 heavy (non-hydrogen) atoms. The van der Waals surface area contributed by atoms with E-state index in [0.717, 1.165) is 35.4 Å². The Bertz CT molecular complexity index is 748. The van der Waals surface area contributed by atoms with E-state index in [4.69, 9.17) is 0 Å². The van der Waals surface area contributed by atoms with E-state index >= 15 is 0 Å². The van der Waals surface area contributed by atoms with Crippen LogP contribution < -0.4 is 10.6 Å². The Morgan fingerprint density at radius 1 is 0.833 bits per heavy atom. The molecule has 0 aliphatic rings. The van der Waals surface area contributed by atoms with Crippen LogP contribution in [0.5, 0.6) is 0 Å². The van der Waals surface area contributed by atoms with Gasteiger partial charge in [0, 0.05) is 11.4 Å². The van der Waals surface area contributed by atoms with Crippen molar-refractivity contribution in [1.29, 1.82) is 0 Å². The van der Waals surface area contributed by atoms with Crippen molar-refractivity contribution < 1.29 is 22.8 Å². The Morgan fingerprint density at radius 2 is 1.33 bits per heavy atom. The SMILES string of the molecule is Cc1cccc(C)c1NC(=O)C(=O)Nc1ccc(C(F)(F)F)cc1. The summed E-state index contributed by atoms with van der Waals surface area (Å²) in [6.07, 6.45) is -4.46. The quantitative estimate of drug-likeness (QED) is 0.817. The molecule has 2 aromatic rings. The van der Waals surface area contributed by atoms with Crippen LogP contribution in [-0.2, 0) is 15.8 Å². The molecule has 0 saturated heterocycles. The van der Waals surface area contributed by atoms with Gasteiger partial charge < -0.3 is 10.6 Å². The summed E-state index contributed by atoms with van der Waals surface area (Å²) in [5, 5.41) is 4.76.